The number of H-pyrrole nitrogens is 1. The van der Waals surface area contributed by atoms with Gasteiger partial charge in [-0.25, -0.2) is 0 Å². The molecule has 2 aromatic rings. The van der Waals surface area contributed by atoms with E-state index in [4.69, 9.17) is 4.74 Å². The summed E-state index contributed by atoms with van der Waals surface area (Å²) in [5.74, 6) is 0. The number of hydrogen-bond acceptors (Lipinski definition) is 2. The first-order valence-electron chi connectivity index (χ1n) is 6.62. The topological polar surface area (TPSA) is 42.1 Å². The molecule has 0 saturated heterocycles. The van der Waals surface area contributed by atoms with Crippen LogP contribution in [0.2, 0.25) is 25.7 Å². The maximum Gasteiger partial charge on any atom is 0.166 e. The number of rotatable bonds is 6. The maximum absolute atomic E-state index is 10.7. The third-order valence-corrected chi connectivity index (χ3v) is 4.80. The second-order valence-corrected chi connectivity index (χ2v) is 11.7. The monoisotopic (exact) mass is 275 g/mol. The third-order valence-electron chi connectivity index (χ3n) is 3.10. The fraction of sp³-hybridized carbons (Fsp3) is 0.400. The van der Waals surface area contributed by atoms with Crippen LogP contribution in [-0.2, 0) is 11.3 Å². The molecule has 4 heteroatoms. The van der Waals surface area contributed by atoms with Crippen LogP contribution in [0.25, 0.3) is 10.9 Å². The van der Waals surface area contributed by atoms with Crippen molar-refractivity contribution in [2.45, 2.75) is 32.3 Å². The van der Waals surface area contributed by atoms with Crippen LogP contribution >= 0.6 is 0 Å². The van der Waals surface area contributed by atoms with Crippen LogP contribution < -0.4 is 0 Å². The Hall–Kier alpha value is -1.39. The molecular formula is C15H21NO2Si. The Bertz CT molecular complexity index is 569. The highest BCUT2D eigenvalue weighted by Crippen LogP contribution is 2.17. The highest BCUT2D eigenvalue weighted by atomic mass is 28.3. The van der Waals surface area contributed by atoms with Gasteiger partial charge < -0.3 is 9.72 Å². The Labute approximate surface area is 115 Å². The normalized spacial score (nSPS) is 11.9. The van der Waals surface area contributed by atoms with E-state index < -0.39 is 8.07 Å². The lowest BCUT2D eigenvalue weighted by molar-refractivity contribution is 0.112. The van der Waals surface area contributed by atoms with Crippen LogP contribution in [0.5, 0.6) is 0 Å². The number of carbonyl (C=O) groups excluding carboxylic acids is 1. The first-order valence-corrected chi connectivity index (χ1v) is 10.3. The summed E-state index contributed by atoms with van der Waals surface area (Å²) in [7, 11) is -1.01. The van der Waals surface area contributed by atoms with Crippen molar-refractivity contribution in [2.24, 2.45) is 0 Å². The molecule has 3 nitrogen and oxygen atoms in total. The van der Waals surface area contributed by atoms with Gasteiger partial charge in [0.15, 0.2) is 6.29 Å². The Balaban J connectivity index is 1.95. The zero-order valence-corrected chi connectivity index (χ0v) is 12.8. The summed E-state index contributed by atoms with van der Waals surface area (Å²) >= 11 is 0. The van der Waals surface area contributed by atoms with Gasteiger partial charge in [0.25, 0.3) is 0 Å². The maximum atomic E-state index is 10.7. The van der Waals surface area contributed by atoms with Crippen molar-refractivity contribution in [3.05, 3.63) is 35.5 Å². The van der Waals surface area contributed by atoms with E-state index in [1.54, 1.807) is 0 Å². The molecule has 0 aliphatic rings. The quantitative estimate of drug-likeness (QED) is 0.494. The number of ether oxygens (including phenoxy) is 1. The summed E-state index contributed by atoms with van der Waals surface area (Å²) in [6, 6.07) is 9.18. The number of fused-ring (bicyclic) bond motifs is 1. The molecule has 0 aliphatic heterocycles. The van der Waals surface area contributed by atoms with Gasteiger partial charge in [0, 0.05) is 25.6 Å². The first kappa shape index (κ1) is 14.0. The van der Waals surface area contributed by atoms with Gasteiger partial charge in [0.2, 0.25) is 0 Å². The number of hydrogen-bond donors (Lipinski definition) is 1. The van der Waals surface area contributed by atoms with Crippen molar-refractivity contribution in [2.75, 3.05) is 6.61 Å². The van der Waals surface area contributed by atoms with E-state index >= 15 is 0 Å². The molecule has 1 aromatic heterocycles. The van der Waals surface area contributed by atoms with Crippen molar-refractivity contribution in [3.8, 4) is 0 Å². The molecule has 0 saturated carbocycles. The molecule has 19 heavy (non-hydrogen) atoms. The number of carbonyl (C=O) groups is 1. The molecule has 1 heterocycles. The van der Waals surface area contributed by atoms with E-state index in [9.17, 15) is 4.79 Å². The highest BCUT2D eigenvalue weighted by Gasteiger charge is 2.12. The predicted molar refractivity (Wildman–Crippen MR) is 81.5 cm³/mol. The number of aromatic amines is 1. The standard InChI is InChI=1S/C15H21NO2Si/c1-19(2,3)7-6-18-11-12-4-5-15-13(8-12)9-14(10-17)16-15/h4-5,8-10,16H,6-7,11H2,1-3H3. The lowest BCUT2D eigenvalue weighted by Crippen LogP contribution is -2.21. The van der Waals surface area contributed by atoms with Gasteiger partial charge in [-0.15, -0.1) is 0 Å². The largest absolute Gasteiger partial charge is 0.377 e. The lowest BCUT2D eigenvalue weighted by atomic mass is 10.2. The fourth-order valence-electron chi connectivity index (χ4n) is 1.93. The van der Waals surface area contributed by atoms with E-state index in [0.717, 1.165) is 29.4 Å². The zero-order valence-electron chi connectivity index (χ0n) is 11.8. The second kappa shape index (κ2) is 5.71. The summed E-state index contributed by atoms with van der Waals surface area (Å²) in [6.45, 7) is 8.53. The van der Waals surface area contributed by atoms with Gasteiger partial charge in [-0.2, -0.15) is 0 Å². The molecule has 0 radical (unpaired) electrons. The summed E-state index contributed by atoms with van der Waals surface area (Å²) in [4.78, 5) is 13.8. The van der Waals surface area contributed by atoms with Gasteiger partial charge in [0.05, 0.1) is 12.3 Å². The number of aldehydes is 1. The Morgan fingerprint density at radius 1 is 1.26 bits per heavy atom. The molecule has 0 unspecified atom stereocenters. The molecule has 1 aromatic carbocycles. The van der Waals surface area contributed by atoms with Gasteiger partial charge in [-0.1, -0.05) is 25.7 Å². The van der Waals surface area contributed by atoms with Crippen molar-refractivity contribution in [1.29, 1.82) is 0 Å². The van der Waals surface area contributed by atoms with Gasteiger partial charge in [-0.05, 0) is 29.8 Å². The summed E-state index contributed by atoms with van der Waals surface area (Å²) < 4.78 is 5.73. The SMILES string of the molecule is C[Si](C)(C)CCOCc1ccc2[nH]c(C=O)cc2c1. The lowest BCUT2D eigenvalue weighted by Gasteiger charge is -2.15. The van der Waals surface area contributed by atoms with Gasteiger partial charge >= 0.3 is 0 Å². The van der Waals surface area contributed by atoms with Crippen LogP contribution in [0, 0.1) is 0 Å². The minimum Gasteiger partial charge on any atom is -0.377 e. The smallest absolute Gasteiger partial charge is 0.166 e. The average Bonchev–Trinajstić information content (AvgIpc) is 2.75. The van der Waals surface area contributed by atoms with E-state index in [0.29, 0.717) is 12.3 Å². The summed E-state index contributed by atoms with van der Waals surface area (Å²) in [5, 5.41) is 1.06. The minimum absolute atomic E-state index is 0.617. The van der Waals surface area contributed by atoms with Crippen molar-refractivity contribution < 1.29 is 9.53 Å². The highest BCUT2D eigenvalue weighted by molar-refractivity contribution is 6.76. The molecule has 0 atom stereocenters. The Kier molecular flexibility index (Phi) is 4.22. The van der Waals surface area contributed by atoms with E-state index in [2.05, 4.69) is 30.7 Å². The van der Waals surface area contributed by atoms with Gasteiger partial charge in [0.1, 0.15) is 0 Å². The van der Waals surface area contributed by atoms with Crippen LogP contribution in [0.15, 0.2) is 24.3 Å². The molecule has 0 fully saturated rings. The number of nitrogens with one attached hydrogen (secondary N) is 1. The average molecular weight is 275 g/mol. The van der Waals surface area contributed by atoms with Crippen LogP contribution in [-0.4, -0.2) is 26.0 Å². The van der Waals surface area contributed by atoms with Crippen molar-refractivity contribution in [1.82, 2.24) is 4.98 Å². The van der Waals surface area contributed by atoms with Crippen molar-refractivity contribution >= 4 is 25.3 Å². The predicted octanol–water partition coefficient (Wildman–Crippen LogP) is 3.84. The molecule has 0 bridgehead atoms. The van der Waals surface area contributed by atoms with Crippen LogP contribution in [0.1, 0.15) is 16.1 Å². The second-order valence-electron chi connectivity index (χ2n) is 6.13. The molecular weight excluding hydrogens is 254 g/mol. The molecule has 0 spiro atoms. The van der Waals surface area contributed by atoms with E-state index in [1.165, 1.54) is 6.04 Å². The summed E-state index contributed by atoms with van der Waals surface area (Å²) in [5.41, 5.74) is 2.76. The molecule has 102 valence electrons. The first-order chi connectivity index (χ1) is 8.98. The molecule has 0 amide bonds. The van der Waals surface area contributed by atoms with Crippen LogP contribution in [0.3, 0.4) is 0 Å². The molecule has 1 N–H and O–H groups in total. The minimum atomic E-state index is -1.01. The molecule has 2 rings (SSSR count). The molecule has 0 aliphatic carbocycles. The van der Waals surface area contributed by atoms with E-state index in [1.807, 2.05) is 18.2 Å². The fourth-order valence-corrected chi connectivity index (χ4v) is 2.68. The Morgan fingerprint density at radius 3 is 2.74 bits per heavy atom. The van der Waals surface area contributed by atoms with Crippen LogP contribution in [0.4, 0.5) is 0 Å². The van der Waals surface area contributed by atoms with E-state index in [-0.39, 0.29) is 0 Å². The number of benzene rings is 1. The van der Waals surface area contributed by atoms with Gasteiger partial charge in [-0.3, -0.25) is 4.79 Å². The Morgan fingerprint density at radius 2 is 2.05 bits per heavy atom. The number of aromatic nitrogens is 1. The van der Waals surface area contributed by atoms with Crippen molar-refractivity contribution in [3.63, 3.8) is 0 Å². The third kappa shape index (κ3) is 4.04. The zero-order chi connectivity index (χ0) is 13.9. The summed E-state index contributed by atoms with van der Waals surface area (Å²) in [6.07, 6.45) is 0.837.